The van der Waals surface area contributed by atoms with Crippen molar-refractivity contribution in [2.75, 3.05) is 13.2 Å². The van der Waals surface area contributed by atoms with E-state index >= 15 is 0 Å². The number of carbonyl (C=O) groups excluding carboxylic acids is 2. The lowest BCUT2D eigenvalue weighted by molar-refractivity contribution is -0.139. The molecule has 0 heterocycles. The molecule has 0 spiro atoms. The van der Waals surface area contributed by atoms with Gasteiger partial charge in [-0.15, -0.1) is 0 Å². The molecule has 0 aliphatic rings. The number of nitrogens with one attached hydrogen (secondary N) is 2. The highest BCUT2D eigenvalue weighted by Crippen LogP contribution is 1.88. The molecule has 0 bridgehead atoms. The molecule has 1 unspecified atom stereocenters. The van der Waals surface area contributed by atoms with E-state index in [2.05, 4.69) is 10.6 Å². The third-order valence-electron chi connectivity index (χ3n) is 2.07. The lowest BCUT2D eigenvalue weighted by Crippen LogP contribution is -2.45. The minimum absolute atomic E-state index is 0.148. The van der Waals surface area contributed by atoms with Crippen molar-refractivity contribution in [2.24, 2.45) is 0 Å². The summed E-state index contributed by atoms with van der Waals surface area (Å²) in [5, 5.41) is 13.8. The molecule has 0 rings (SSSR count). The van der Waals surface area contributed by atoms with Crippen LogP contribution in [0.4, 0.5) is 0 Å². The molecule has 5 nitrogen and oxygen atoms in total. The summed E-state index contributed by atoms with van der Waals surface area (Å²) in [6.45, 7) is 4.20. The largest absolute Gasteiger partial charge is 0.394 e. The Balaban J connectivity index is 3.82. The molecular weight excluding hydrogens is 196 g/mol. The molecule has 0 radical (unpaired) electrons. The summed E-state index contributed by atoms with van der Waals surface area (Å²) in [5.74, 6) is -1.30. The summed E-state index contributed by atoms with van der Waals surface area (Å²) in [4.78, 5) is 22.4. The molecule has 0 saturated heterocycles. The van der Waals surface area contributed by atoms with Gasteiger partial charge in [0.05, 0.1) is 12.6 Å². The van der Waals surface area contributed by atoms with Gasteiger partial charge in [0, 0.05) is 6.54 Å². The van der Waals surface area contributed by atoms with Gasteiger partial charge < -0.3 is 15.7 Å². The Morgan fingerprint density at radius 3 is 2.40 bits per heavy atom. The lowest BCUT2D eigenvalue weighted by Gasteiger charge is -2.13. The van der Waals surface area contributed by atoms with E-state index in [4.69, 9.17) is 5.11 Å². The van der Waals surface area contributed by atoms with Gasteiger partial charge in [-0.05, 0) is 12.8 Å². The fourth-order valence-electron chi connectivity index (χ4n) is 0.987. The maximum Gasteiger partial charge on any atom is 0.309 e. The van der Waals surface area contributed by atoms with Crippen LogP contribution < -0.4 is 10.6 Å². The van der Waals surface area contributed by atoms with Crippen LogP contribution >= 0.6 is 0 Å². The average molecular weight is 216 g/mol. The number of aliphatic hydroxyl groups excluding tert-OH is 1. The van der Waals surface area contributed by atoms with Crippen LogP contribution in [0.5, 0.6) is 0 Å². The van der Waals surface area contributed by atoms with Crippen molar-refractivity contribution in [2.45, 2.75) is 39.2 Å². The Bertz CT molecular complexity index is 203. The topological polar surface area (TPSA) is 78.4 Å². The summed E-state index contributed by atoms with van der Waals surface area (Å²) in [6.07, 6.45) is 2.43. The van der Waals surface area contributed by atoms with Crippen LogP contribution in [0.1, 0.15) is 33.1 Å². The van der Waals surface area contributed by atoms with Crippen molar-refractivity contribution in [1.82, 2.24) is 10.6 Å². The van der Waals surface area contributed by atoms with Crippen LogP contribution in [0.3, 0.4) is 0 Å². The summed E-state index contributed by atoms with van der Waals surface area (Å²) in [7, 11) is 0. The second-order valence-corrected chi connectivity index (χ2v) is 3.37. The van der Waals surface area contributed by atoms with Crippen molar-refractivity contribution in [3.8, 4) is 0 Å². The normalized spacial score (nSPS) is 11.9. The Labute approximate surface area is 90.2 Å². The monoisotopic (exact) mass is 216 g/mol. The van der Waals surface area contributed by atoms with Crippen LogP contribution in [0.15, 0.2) is 0 Å². The van der Waals surface area contributed by atoms with E-state index in [1.165, 1.54) is 0 Å². The highest BCUT2D eigenvalue weighted by atomic mass is 16.3. The van der Waals surface area contributed by atoms with Gasteiger partial charge in [-0.1, -0.05) is 20.3 Å². The molecular formula is C10H20N2O3. The quantitative estimate of drug-likeness (QED) is 0.424. The minimum atomic E-state index is -0.674. The Kier molecular flexibility index (Phi) is 7.62. The van der Waals surface area contributed by atoms with Crippen molar-refractivity contribution >= 4 is 11.8 Å². The fraction of sp³-hybridized carbons (Fsp3) is 0.800. The van der Waals surface area contributed by atoms with Crippen molar-refractivity contribution in [3.05, 3.63) is 0 Å². The first-order valence-electron chi connectivity index (χ1n) is 5.35. The number of hydrogen-bond acceptors (Lipinski definition) is 3. The van der Waals surface area contributed by atoms with E-state index < -0.39 is 11.8 Å². The molecule has 0 aromatic heterocycles. The molecule has 0 aromatic carbocycles. The van der Waals surface area contributed by atoms with E-state index in [1.54, 1.807) is 0 Å². The number of aliphatic hydroxyl groups is 1. The van der Waals surface area contributed by atoms with Crippen LogP contribution in [0, 0.1) is 0 Å². The van der Waals surface area contributed by atoms with Crippen LogP contribution in [-0.4, -0.2) is 36.1 Å². The molecule has 2 amide bonds. The van der Waals surface area contributed by atoms with E-state index in [-0.39, 0.29) is 12.6 Å². The molecule has 88 valence electrons. The zero-order valence-electron chi connectivity index (χ0n) is 9.38. The number of rotatable bonds is 6. The van der Waals surface area contributed by atoms with Crippen LogP contribution in [-0.2, 0) is 9.59 Å². The Morgan fingerprint density at radius 1 is 1.27 bits per heavy atom. The number of unbranched alkanes of at least 4 members (excludes halogenated alkanes) is 1. The lowest BCUT2D eigenvalue weighted by atomic mass is 10.2. The summed E-state index contributed by atoms with van der Waals surface area (Å²) in [6, 6.07) is -0.338. The van der Waals surface area contributed by atoms with E-state index in [0.29, 0.717) is 13.0 Å². The van der Waals surface area contributed by atoms with Crippen molar-refractivity contribution < 1.29 is 14.7 Å². The van der Waals surface area contributed by atoms with Gasteiger partial charge in [-0.25, -0.2) is 0 Å². The van der Waals surface area contributed by atoms with Crippen molar-refractivity contribution in [1.29, 1.82) is 0 Å². The Morgan fingerprint density at radius 2 is 1.93 bits per heavy atom. The van der Waals surface area contributed by atoms with Crippen LogP contribution in [0.2, 0.25) is 0 Å². The molecule has 0 aliphatic carbocycles. The zero-order chi connectivity index (χ0) is 11.7. The highest BCUT2D eigenvalue weighted by molar-refractivity contribution is 6.35. The van der Waals surface area contributed by atoms with E-state index in [1.807, 2.05) is 13.8 Å². The smallest absolute Gasteiger partial charge is 0.309 e. The number of amides is 2. The first-order valence-corrected chi connectivity index (χ1v) is 5.35. The molecule has 15 heavy (non-hydrogen) atoms. The molecule has 0 aromatic rings. The number of hydrogen-bond donors (Lipinski definition) is 3. The molecule has 0 fully saturated rings. The first-order chi connectivity index (χ1) is 7.15. The van der Waals surface area contributed by atoms with Gasteiger partial charge in [-0.3, -0.25) is 9.59 Å². The van der Waals surface area contributed by atoms with Crippen molar-refractivity contribution in [3.63, 3.8) is 0 Å². The maximum absolute atomic E-state index is 11.2. The van der Waals surface area contributed by atoms with Gasteiger partial charge in [0.15, 0.2) is 0 Å². The van der Waals surface area contributed by atoms with E-state index in [0.717, 1.165) is 12.8 Å². The van der Waals surface area contributed by atoms with Gasteiger partial charge in [-0.2, -0.15) is 0 Å². The van der Waals surface area contributed by atoms with Gasteiger partial charge in [0.25, 0.3) is 0 Å². The average Bonchev–Trinajstić information content (AvgIpc) is 2.25. The second kappa shape index (κ2) is 8.23. The summed E-state index contributed by atoms with van der Waals surface area (Å²) >= 11 is 0. The predicted octanol–water partition coefficient (Wildman–Crippen LogP) is -0.210. The standard InChI is InChI=1S/C10H20N2O3/c1-3-5-6-11-9(14)10(15)12-8(4-2)7-13/h8,13H,3-7H2,1-2H3,(H,11,14)(H,12,15). The Hall–Kier alpha value is -1.10. The molecule has 1 atom stereocenters. The summed E-state index contributed by atoms with van der Waals surface area (Å²) in [5.41, 5.74) is 0. The van der Waals surface area contributed by atoms with Gasteiger partial charge in [0.1, 0.15) is 0 Å². The van der Waals surface area contributed by atoms with Gasteiger partial charge in [0.2, 0.25) is 0 Å². The maximum atomic E-state index is 11.2. The highest BCUT2D eigenvalue weighted by Gasteiger charge is 2.15. The van der Waals surface area contributed by atoms with E-state index in [9.17, 15) is 9.59 Å². The predicted molar refractivity (Wildman–Crippen MR) is 57.2 cm³/mol. The van der Waals surface area contributed by atoms with Gasteiger partial charge >= 0.3 is 11.8 Å². The molecule has 0 aliphatic heterocycles. The minimum Gasteiger partial charge on any atom is -0.394 e. The molecule has 5 heteroatoms. The molecule has 0 saturated carbocycles. The third kappa shape index (κ3) is 6.06. The first kappa shape index (κ1) is 13.9. The third-order valence-corrected chi connectivity index (χ3v) is 2.07. The van der Waals surface area contributed by atoms with Crippen LogP contribution in [0.25, 0.3) is 0 Å². The molecule has 3 N–H and O–H groups in total. The zero-order valence-corrected chi connectivity index (χ0v) is 9.38. The SMILES string of the molecule is CCCCNC(=O)C(=O)NC(CC)CO. The second-order valence-electron chi connectivity index (χ2n) is 3.37. The number of carbonyl (C=O) groups is 2. The fourth-order valence-corrected chi connectivity index (χ4v) is 0.987. The summed E-state index contributed by atoms with van der Waals surface area (Å²) < 4.78 is 0.